The van der Waals surface area contributed by atoms with Crippen molar-refractivity contribution in [1.82, 2.24) is 9.97 Å². The van der Waals surface area contributed by atoms with Crippen LogP contribution in [0.4, 0.5) is 5.82 Å². The Labute approximate surface area is 101 Å². The summed E-state index contributed by atoms with van der Waals surface area (Å²) < 4.78 is 5.36. The topological polar surface area (TPSA) is 58.5 Å². The Bertz CT molecular complexity index is 378. The van der Waals surface area contributed by atoms with E-state index in [1.807, 2.05) is 14.0 Å². The highest BCUT2D eigenvalue weighted by atomic mass is 16.5. The molecule has 17 heavy (non-hydrogen) atoms. The van der Waals surface area contributed by atoms with Crippen molar-refractivity contribution in [2.24, 2.45) is 0 Å². The second-order valence-electron chi connectivity index (χ2n) is 4.38. The lowest BCUT2D eigenvalue weighted by molar-refractivity contribution is 0.0853. The maximum atomic E-state index is 9.33. The Kier molecular flexibility index (Phi) is 3.91. The molecule has 1 saturated heterocycles. The molecule has 0 amide bonds. The quantitative estimate of drug-likeness (QED) is 0.846. The Balaban J connectivity index is 2.21. The van der Waals surface area contributed by atoms with Crippen LogP contribution in [-0.4, -0.2) is 41.4 Å². The lowest BCUT2D eigenvalue weighted by atomic mass is 10.1. The molecule has 2 rings (SSSR count). The number of aliphatic hydroxyl groups excluding tert-OH is 1. The third-order valence-corrected chi connectivity index (χ3v) is 3.21. The van der Waals surface area contributed by atoms with Gasteiger partial charge in [0, 0.05) is 38.1 Å². The van der Waals surface area contributed by atoms with Gasteiger partial charge in [-0.1, -0.05) is 0 Å². The highest BCUT2D eigenvalue weighted by Gasteiger charge is 2.21. The van der Waals surface area contributed by atoms with Gasteiger partial charge in [0.05, 0.1) is 6.61 Å². The Morgan fingerprint density at radius 1 is 1.47 bits per heavy atom. The average Bonchev–Trinajstić information content (AvgIpc) is 2.39. The number of ether oxygens (including phenoxy) is 1. The molecule has 2 heterocycles. The molecule has 1 fully saturated rings. The van der Waals surface area contributed by atoms with Gasteiger partial charge in [-0.25, -0.2) is 9.97 Å². The number of nitrogens with zero attached hydrogens (tertiary/aromatic N) is 3. The normalized spacial score (nSPS) is 17.1. The Morgan fingerprint density at radius 3 is 2.82 bits per heavy atom. The van der Waals surface area contributed by atoms with Gasteiger partial charge in [0.2, 0.25) is 0 Å². The standard InChI is InChI=1S/C12H19N3O2/c1-9-13-7-10(8-16)12(14-9)15(2)11-3-5-17-6-4-11/h7,11,16H,3-6,8H2,1-2H3. The summed E-state index contributed by atoms with van der Waals surface area (Å²) in [7, 11) is 2.02. The molecule has 0 aliphatic carbocycles. The molecule has 5 nitrogen and oxygen atoms in total. The molecular weight excluding hydrogens is 218 g/mol. The summed E-state index contributed by atoms with van der Waals surface area (Å²) in [5.41, 5.74) is 0.782. The smallest absolute Gasteiger partial charge is 0.137 e. The van der Waals surface area contributed by atoms with Crippen molar-refractivity contribution in [3.63, 3.8) is 0 Å². The number of hydrogen-bond donors (Lipinski definition) is 1. The summed E-state index contributed by atoms with van der Waals surface area (Å²) in [5, 5.41) is 9.33. The van der Waals surface area contributed by atoms with E-state index in [2.05, 4.69) is 14.9 Å². The first-order chi connectivity index (χ1) is 8.22. The zero-order valence-electron chi connectivity index (χ0n) is 10.4. The summed E-state index contributed by atoms with van der Waals surface area (Å²) in [5.74, 6) is 1.57. The van der Waals surface area contributed by atoms with Crippen molar-refractivity contribution in [3.8, 4) is 0 Å². The van der Waals surface area contributed by atoms with Gasteiger partial charge in [0.15, 0.2) is 0 Å². The van der Waals surface area contributed by atoms with Crippen molar-refractivity contribution in [1.29, 1.82) is 0 Å². The minimum absolute atomic E-state index is 0.0246. The molecule has 0 aromatic carbocycles. The molecule has 94 valence electrons. The second kappa shape index (κ2) is 5.42. The molecule has 1 aromatic rings. The van der Waals surface area contributed by atoms with Crippen LogP contribution in [-0.2, 0) is 11.3 Å². The molecule has 1 aliphatic rings. The zero-order valence-corrected chi connectivity index (χ0v) is 10.4. The van der Waals surface area contributed by atoms with Gasteiger partial charge in [-0.15, -0.1) is 0 Å². The minimum atomic E-state index is -0.0246. The van der Waals surface area contributed by atoms with Crippen molar-refractivity contribution in [3.05, 3.63) is 17.6 Å². The Hall–Kier alpha value is -1.20. The zero-order chi connectivity index (χ0) is 12.3. The van der Waals surface area contributed by atoms with Crippen LogP contribution in [0.5, 0.6) is 0 Å². The van der Waals surface area contributed by atoms with Crippen molar-refractivity contribution >= 4 is 5.82 Å². The summed E-state index contributed by atoms with van der Waals surface area (Å²) in [6, 6.07) is 0.434. The van der Waals surface area contributed by atoms with Gasteiger partial charge < -0.3 is 14.7 Å². The van der Waals surface area contributed by atoms with Gasteiger partial charge in [-0.05, 0) is 19.8 Å². The first-order valence-electron chi connectivity index (χ1n) is 5.96. The fourth-order valence-corrected chi connectivity index (χ4v) is 2.15. The SMILES string of the molecule is Cc1ncc(CO)c(N(C)C2CCOCC2)n1. The van der Waals surface area contributed by atoms with E-state index < -0.39 is 0 Å². The number of rotatable bonds is 3. The van der Waals surface area contributed by atoms with Gasteiger partial charge in [0.1, 0.15) is 11.6 Å². The highest BCUT2D eigenvalue weighted by Crippen LogP contribution is 2.22. The average molecular weight is 237 g/mol. The largest absolute Gasteiger partial charge is 0.391 e. The third-order valence-electron chi connectivity index (χ3n) is 3.21. The van der Waals surface area contributed by atoms with E-state index in [9.17, 15) is 5.11 Å². The van der Waals surface area contributed by atoms with Crippen LogP contribution in [0.15, 0.2) is 6.20 Å². The Morgan fingerprint density at radius 2 is 2.18 bits per heavy atom. The fraction of sp³-hybridized carbons (Fsp3) is 0.667. The summed E-state index contributed by atoms with van der Waals surface area (Å²) in [6.45, 7) is 3.44. The van der Waals surface area contributed by atoms with E-state index in [0.29, 0.717) is 6.04 Å². The molecule has 0 atom stereocenters. The number of anilines is 1. The van der Waals surface area contributed by atoms with Crippen molar-refractivity contribution in [2.75, 3.05) is 25.2 Å². The monoisotopic (exact) mass is 237 g/mol. The molecule has 0 spiro atoms. The molecule has 0 radical (unpaired) electrons. The lowest BCUT2D eigenvalue weighted by Gasteiger charge is -2.33. The summed E-state index contributed by atoms with van der Waals surface area (Å²) >= 11 is 0. The van der Waals surface area contributed by atoms with Gasteiger partial charge >= 0.3 is 0 Å². The van der Waals surface area contributed by atoms with E-state index in [4.69, 9.17) is 4.74 Å². The molecule has 1 N–H and O–H groups in total. The minimum Gasteiger partial charge on any atom is -0.391 e. The van der Waals surface area contributed by atoms with E-state index in [1.165, 1.54) is 0 Å². The maximum Gasteiger partial charge on any atom is 0.137 e. The van der Waals surface area contributed by atoms with Crippen LogP contribution in [0, 0.1) is 6.92 Å². The van der Waals surface area contributed by atoms with Gasteiger partial charge in [-0.2, -0.15) is 0 Å². The molecule has 0 unspecified atom stereocenters. The van der Waals surface area contributed by atoms with Crippen molar-refractivity contribution in [2.45, 2.75) is 32.4 Å². The summed E-state index contributed by atoms with van der Waals surface area (Å²) in [4.78, 5) is 10.7. The molecular formula is C12H19N3O2. The second-order valence-corrected chi connectivity index (χ2v) is 4.38. The number of hydrogen-bond acceptors (Lipinski definition) is 5. The van der Waals surface area contributed by atoms with Crippen LogP contribution < -0.4 is 4.90 Å². The van der Waals surface area contributed by atoms with Crippen LogP contribution in [0.1, 0.15) is 24.2 Å². The lowest BCUT2D eigenvalue weighted by Crippen LogP contribution is -2.37. The van der Waals surface area contributed by atoms with Crippen LogP contribution >= 0.6 is 0 Å². The molecule has 0 bridgehead atoms. The van der Waals surface area contributed by atoms with Gasteiger partial charge in [0.25, 0.3) is 0 Å². The predicted octanol–water partition coefficient (Wildman–Crippen LogP) is 0.893. The van der Waals surface area contributed by atoms with E-state index in [0.717, 1.165) is 43.3 Å². The predicted molar refractivity (Wildman–Crippen MR) is 64.9 cm³/mol. The first kappa shape index (κ1) is 12.3. The van der Waals surface area contributed by atoms with Crippen LogP contribution in [0.3, 0.4) is 0 Å². The number of aliphatic hydroxyl groups is 1. The number of aromatic nitrogens is 2. The fourth-order valence-electron chi connectivity index (χ4n) is 2.15. The van der Waals surface area contributed by atoms with Crippen molar-refractivity contribution < 1.29 is 9.84 Å². The molecule has 0 saturated carbocycles. The van der Waals surface area contributed by atoms with E-state index >= 15 is 0 Å². The third kappa shape index (κ3) is 2.73. The van der Waals surface area contributed by atoms with E-state index in [-0.39, 0.29) is 6.61 Å². The van der Waals surface area contributed by atoms with E-state index in [1.54, 1.807) is 6.20 Å². The summed E-state index contributed by atoms with van der Waals surface area (Å²) in [6.07, 6.45) is 3.71. The first-order valence-corrected chi connectivity index (χ1v) is 5.96. The molecule has 1 aromatic heterocycles. The molecule has 5 heteroatoms. The number of aryl methyl sites for hydroxylation is 1. The highest BCUT2D eigenvalue weighted by molar-refractivity contribution is 5.46. The molecule has 1 aliphatic heterocycles. The van der Waals surface area contributed by atoms with Gasteiger partial charge in [-0.3, -0.25) is 0 Å². The van der Waals surface area contributed by atoms with Crippen LogP contribution in [0.25, 0.3) is 0 Å². The maximum absolute atomic E-state index is 9.33. The van der Waals surface area contributed by atoms with Crippen LogP contribution in [0.2, 0.25) is 0 Å².